The van der Waals surface area contributed by atoms with Crippen molar-refractivity contribution in [1.82, 2.24) is 10.6 Å². The van der Waals surface area contributed by atoms with E-state index in [4.69, 9.17) is 9.47 Å². The quantitative estimate of drug-likeness (QED) is 0.510. The molecule has 33 heavy (non-hydrogen) atoms. The van der Waals surface area contributed by atoms with E-state index < -0.39 is 18.0 Å². The number of amides is 2. The number of hydrogen-bond acceptors (Lipinski definition) is 4. The molecule has 6 heteroatoms. The van der Waals surface area contributed by atoms with E-state index in [1.165, 1.54) is 5.56 Å². The molecular weight excluding hydrogens is 416 g/mol. The monoisotopic (exact) mass is 442 g/mol. The Morgan fingerprint density at radius 1 is 0.939 bits per heavy atom. The van der Waals surface area contributed by atoms with E-state index in [1.807, 2.05) is 85.8 Å². The van der Waals surface area contributed by atoms with Gasteiger partial charge < -0.3 is 20.1 Å². The molecule has 1 heterocycles. The van der Waals surface area contributed by atoms with Crippen LogP contribution in [0.5, 0.6) is 5.75 Å². The minimum atomic E-state index is -0.734. The van der Waals surface area contributed by atoms with E-state index in [-0.39, 0.29) is 6.61 Å². The molecule has 0 aromatic heterocycles. The third kappa shape index (κ3) is 5.06. The summed E-state index contributed by atoms with van der Waals surface area (Å²) in [6.07, 6.45) is 0. The van der Waals surface area contributed by atoms with Gasteiger partial charge in [0, 0.05) is 5.56 Å². The number of carbonyl (C=O) groups is 2. The van der Waals surface area contributed by atoms with Gasteiger partial charge in [0.25, 0.3) is 0 Å². The average molecular weight is 443 g/mol. The fourth-order valence-electron chi connectivity index (χ4n) is 3.75. The van der Waals surface area contributed by atoms with Gasteiger partial charge in [-0.25, -0.2) is 9.59 Å². The molecule has 1 aliphatic heterocycles. The van der Waals surface area contributed by atoms with Gasteiger partial charge in [0.15, 0.2) is 0 Å². The lowest BCUT2D eigenvalue weighted by molar-refractivity contribution is -0.138. The summed E-state index contributed by atoms with van der Waals surface area (Å²) in [4.78, 5) is 25.7. The third-order valence-electron chi connectivity index (χ3n) is 5.37. The molecule has 2 amide bonds. The summed E-state index contributed by atoms with van der Waals surface area (Å²) in [7, 11) is 0. The number of ether oxygens (including phenoxy) is 2. The summed E-state index contributed by atoms with van der Waals surface area (Å²) in [5.41, 5.74) is 4.35. The van der Waals surface area contributed by atoms with Crippen molar-refractivity contribution in [3.8, 4) is 5.75 Å². The van der Waals surface area contributed by atoms with Crippen LogP contribution in [-0.4, -0.2) is 18.6 Å². The molecule has 0 saturated heterocycles. The molecule has 0 bridgehead atoms. The molecule has 3 aromatic rings. The van der Waals surface area contributed by atoms with Gasteiger partial charge in [-0.3, -0.25) is 0 Å². The van der Waals surface area contributed by atoms with Gasteiger partial charge >= 0.3 is 12.0 Å². The second-order valence-corrected chi connectivity index (χ2v) is 7.72. The molecule has 168 valence electrons. The fraction of sp³-hybridized carbons (Fsp3) is 0.185. The molecule has 2 N–H and O–H groups in total. The summed E-state index contributed by atoms with van der Waals surface area (Å²) in [6.45, 7) is 4.37. The van der Waals surface area contributed by atoms with Crippen LogP contribution >= 0.6 is 0 Å². The maximum Gasteiger partial charge on any atom is 0.338 e. The van der Waals surface area contributed by atoms with Crippen LogP contribution in [0, 0.1) is 6.92 Å². The van der Waals surface area contributed by atoms with Crippen LogP contribution in [0.3, 0.4) is 0 Å². The second kappa shape index (κ2) is 10.0. The zero-order valence-electron chi connectivity index (χ0n) is 18.6. The number of hydrogen-bond donors (Lipinski definition) is 2. The number of urea groups is 1. The van der Waals surface area contributed by atoms with E-state index in [0.717, 1.165) is 11.1 Å². The van der Waals surface area contributed by atoms with Gasteiger partial charge in [0.05, 0.1) is 23.9 Å². The van der Waals surface area contributed by atoms with Gasteiger partial charge in [-0.05, 0) is 31.0 Å². The molecule has 1 atom stereocenters. The molecule has 0 aliphatic carbocycles. The minimum absolute atomic E-state index is 0.219. The van der Waals surface area contributed by atoms with E-state index >= 15 is 0 Å². The van der Waals surface area contributed by atoms with Crippen LogP contribution in [0.2, 0.25) is 0 Å². The van der Waals surface area contributed by atoms with Crippen LogP contribution in [0.4, 0.5) is 4.79 Å². The van der Waals surface area contributed by atoms with Gasteiger partial charge in [-0.15, -0.1) is 0 Å². The Morgan fingerprint density at radius 2 is 1.64 bits per heavy atom. The Balaban J connectivity index is 1.75. The highest BCUT2D eigenvalue weighted by Crippen LogP contribution is 2.36. The summed E-state index contributed by atoms with van der Waals surface area (Å²) < 4.78 is 11.5. The Morgan fingerprint density at radius 3 is 2.36 bits per heavy atom. The number of esters is 1. The van der Waals surface area contributed by atoms with Crippen LogP contribution < -0.4 is 15.4 Å². The first-order chi connectivity index (χ1) is 16.1. The Bertz CT molecular complexity index is 1170. The SMILES string of the molecule is CCOC(=O)C1=C(c2ccccc2)NC(=O)NC1c1ccccc1OCc1ccc(C)cc1. The van der Waals surface area contributed by atoms with Gasteiger partial charge in [0.1, 0.15) is 12.4 Å². The maximum absolute atomic E-state index is 13.1. The third-order valence-corrected chi connectivity index (χ3v) is 5.37. The molecule has 0 saturated carbocycles. The standard InChI is InChI=1S/C27H26N2O4/c1-3-32-26(30)23-24(20-9-5-4-6-10-20)28-27(31)29-25(23)21-11-7-8-12-22(21)33-17-19-15-13-18(2)14-16-19/h4-16,25H,3,17H2,1-2H3,(H2,28,29,31). The van der Waals surface area contributed by atoms with E-state index in [0.29, 0.717) is 29.2 Å². The van der Waals surface area contributed by atoms with Crippen molar-refractivity contribution in [2.75, 3.05) is 6.61 Å². The first-order valence-electron chi connectivity index (χ1n) is 10.9. The van der Waals surface area contributed by atoms with E-state index in [2.05, 4.69) is 10.6 Å². The van der Waals surface area contributed by atoms with Crippen LogP contribution in [0.1, 0.15) is 35.2 Å². The number of carbonyl (C=O) groups excluding carboxylic acids is 2. The lowest BCUT2D eigenvalue weighted by atomic mass is 9.92. The number of rotatable bonds is 7. The Hall–Kier alpha value is -4.06. The molecule has 1 aliphatic rings. The fourth-order valence-corrected chi connectivity index (χ4v) is 3.75. The zero-order chi connectivity index (χ0) is 23.2. The first-order valence-corrected chi connectivity index (χ1v) is 10.9. The van der Waals surface area contributed by atoms with Crippen LogP contribution in [-0.2, 0) is 16.1 Å². The molecule has 0 spiro atoms. The topological polar surface area (TPSA) is 76.7 Å². The van der Waals surface area contributed by atoms with Crippen LogP contribution in [0.15, 0.2) is 84.4 Å². The Kier molecular flexibility index (Phi) is 6.74. The smallest absolute Gasteiger partial charge is 0.338 e. The van der Waals surface area contributed by atoms with Crippen molar-refractivity contribution < 1.29 is 19.1 Å². The minimum Gasteiger partial charge on any atom is -0.489 e. The highest BCUT2D eigenvalue weighted by atomic mass is 16.5. The summed E-state index contributed by atoms with van der Waals surface area (Å²) >= 11 is 0. The molecule has 6 nitrogen and oxygen atoms in total. The maximum atomic E-state index is 13.1. The summed E-state index contributed by atoms with van der Waals surface area (Å²) in [6, 6.07) is 23.6. The zero-order valence-corrected chi connectivity index (χ0v) is 18.6. The van der Waals surface area contributed by atoms with Crippen molar-refractivity contribution in [3.63, 3.8) is 0 Å². The molecule has 1 unspecified atom stereocenters. The Labute approximate surface area is 193 Å². The number of nitrogens with one attached hydrogen (secondary N) is 2. The summed E-state index contributed by atoms with van der Waals surface area (Å²) in [5, 5.41) is 5.67. The number of benzene rings is 3. The normalized spacial score (nSPS) is 15.5. The molecule has 3 aromatic carbocycles. The molecular formula is C27H26N2O4. The predicted molar refractivity (Wildman–Crippen MR) is 126 cm³/mol. The van der Waals surface area contributed by atoms with E-state index in [9.17, 15) is 9.59 Å². The van der Waals surface area contributed by atoms with E-state index in [1.54, 1.807) is 6.92 Å². The molecule has 0 fully saturated rings. The van der Waals surface area contributed by atoms with Crippen molar-refractivity contribution in [3.05, 3.63) is 107 Å². The largest absolute Gasteiger partial charge is 0.489 e. The van der Waals surface area contributed by atoms with Crippen molar-refractivity contribution >= 4 is 17.7 Å². The second-order valence-electron chi connectivity index (χ2n) is 7.72. The number of para-hydroxylation sites is 1. The summed E-state index contributed by atoms with van der Waals surface area (Å²) in [5.74, 6) is 0.0849. The van der Waals surface area contributed by atoms with Gasteiger partial charge in [0.2, 0.25) is 0 Å². The van der Waals surface area contributed by atoms with Crippen molar-refractivity contribution in [1.29, 1.82) is 0 Å². The average Bonchev–Trinajstić information content (AvgIpc) is 2.84. The molecule has 4 rings (SSSR count). The lowest BCUT2D eigenvalue weighted by Crippen LogP contribution is -2.45. The highest BCUT2D eigenvalue weighted by molar-refractivity contribution is 6.04. The van der Waals surface area contributed by atoms with Gasteiger partial charge in [-0.1, -0.05) is 78.4 Å². The highest BCUT2D eigenvalue weighted by Gasteiger charge is 2.35. The lowest BCUT2D eigenvalue weighted by Gasteiger charge is -2.30. The van der Waals surface area contributed by atoms with Crippen molar-refractivity contribution in [2.45, 2.75) is 26.5 Å². The molecule has 0 radical (unpaired) electrons. The van der Waals surface area contributed by atoms with Crippen LogP contribution in [0.25, 0.3) is 5.70 Å². The van der Waals surface area contributed by atoms with Gasteiger partial charge in [-0.2, -0.15) is 0 Å². The number of aryl methyl sites for hydroxylation is 1. The predicted octanol–water partition coefficient (Wildman–Crippen LogP) is 4.90. The first kappa shape index (κ1) is 22.1. The van der Waals surface area contributed by atoms with Crippen molar-refractivity contribution in [2.24, 2.45) is 0 Å².